The molecule has 0 aliphatic rings. The van der Waals surface area contributed by atoms with Crippen molar-refractivity contribution in [3.63, 3.8) is 0 Å². The van der Waals surface area contributed by atoms with E-state index in [0.29, 0.717) is 35.1 Å². The van der Waals surface area contributed by atoms with Crippen LogP contribution in [-0.4, -0.2) is 41.1 Å². The van der Waals surface area contributed by atoms with Crippen molar-refractivity contribution in [1.29, 1.82) is 0 Å². The van der Waals surface area contributed by atoms with Crippen molar-refractivity contribution in [1.82, 2.24) is 19.3 Å². The van der Waals surface area contributed by atoms with Gasteiger partial charge in [0.1, 0.15) is 17.3 Å². The maximum absolute atomic E-state index is 11.8. The van der Waals surface area contributed by atoms with Crippen molar-refractivity contribution < 1.29 is 15.0 Å². The Morgan fingerprint density at radius 1 is 1.09 bits per heavy atom. The first-order chi connectivity index (χ1) is 15.8. The van der Waals surface area contributed by atoms with Gasteiger partial charge in [-0.2, -0.15) is 0 Å². The molecule has 2 aromatic carbocycles. The normalized spacial score (nSPS) is 11.5. The maximum atomic E-state index is 11.8. The average molecular weight is 465 g/mol. The molecule has 4 rings (SSSR count). The number of Topliss-reactive ketones (excluding diaryl/α,β-unsaturated/α-hetero) is 1. The molecular weight excluding hydrogens is 436 g/mol. The Morgan fingerprint density at radius 3 is 2.61 bits per heavy atom. The Kier molecular flexibility index (Phi) is 6.47. The average Bonchev–Trinajstić information content (AvgIpc) is 3.36. The molecule has 0 saturated carbocycles. The second-order valence-electron chi connectivity index (χ2n) is 8.38. The van der Waals surface area contributed by atoms with Crippen LogP contribution in [0.25, 0.3) is 28.0 Å². The Labute approximate surface area is 197 Å². The lowest BCUT2D eigenvalue weighted by molar-refractivity contribution is -0.118. The molecule has 0 aliphatic carbocycles. The van der Waals surface area contributed by atoms with E-state index in [1.54, 1.807) is 6.07 Å². The minimum absolute atomic E-state index is 0.0516. The zero-order valence-corrected chi connectivity index (χ0v) is 20.1. The summed E-state index contributed by atoms with van der Waals surface area (Å²) in [6.07, 6.45) is 2.99. The molecule has 0 unspecified atom stereocenters. The summed E-state index contributed by atoms with van der Waals surface area (Å²) in [5.74, 6) is 1.33. The molecule has 2 heterocycles. The van der Waals surface area contributed by atoms with E-state index in [2.05, 4.69) is 20.8 Å². The lowest BCUT2D eigenvalue weighted by Crippen LogP contribution is -2.02. The molecule has 0 radical (unpaired) electrons. The number of aromatic hydroxyl groups is 2. The molecule has 0 saturated heterocycles. The summed E-state index contributed by atoms with van der Waals surface area (Å²) in [4.78, 5) is 11.8. The molecule has 0 fully saturated rings. The molecule has 2 N–H and O–H groups in total. The van der Waals surface area contributed by atoms with Crippen molar-refractivity contribution in [2.24, 2.45) is 7.05 Å². The zero-order valence-electron chi connectivity index (χ0n) is 19.2. The fourth-order valence-electron chi connectivity index (χ4n) is 3.85. The summed E-state index contributed by atoms with van der Waals surface area (Å²) >= 11 is 1.46. The number of aryl methyl sites for hydroxylation is 1. The van der Waals surface area contributed by atoms with Crippen LogP contribution in [0.2, 0.25) is 0 Å². The van der Waals surface area contributed by atoms with E-state index < -0.39 is 0 Å². The number of phenolic OH excluding ortho intramolecular Hbond substituents is 2. The van der Waals surface area contributed by atoms with E-state index in [4.69, 9.17) is 0 Å². The smallest absolute Gasteiger partial charge is 0.196 e. The summed E-state index contributed by atoms with van der Waals surface area (Å²) in [5.41, 5.74) is 3.18. The fraction of sp³-hybridized carbons (Fsp3) is 0.320. The summed E-state index contributed by atoms with van der Waals surface area (Å²) in [6, 6.07) is 11.3. The molecule has 4 aromatic rings. The number of carbonyl (C=O) groups excluding carboxylic acids is 1. The van der Waals surface area contributed by atoms with E-state index in [1.807, 2.05) is 56.8 Å². The lowest BCUT2D eigenvalue weighted by atomic mass is 9.98. The summed E-state index contributed by atoms with van der Waals surface area (Å²) in [6.45, 7) is 5.83. The standard InChI is InChI=1S/C25H28N4O3S/c1-5-18(30)9-11-33-25-27-26-24(20-13-19(15(2)3)22(31)14-23(20)32)29(25)17-6-7-21-16(12-17)8-10-28(21)4/h6-8,10,12-15,31-32H,5,9,11H2,1-4H3. The van der Waals surface area contributed by atoms with Crippen LogP contribution >= 0.6 is 11.8 Å². The first-order valence-corrected chi connectivity index (χ1v) is 12.0. The number of hydrogen-bond donors (Lipinski definition) is 2. The van der Waals surface area contributed by atoms with Gasteiger partial charge in [0.05, 0.1) is 11.3 Å². The van der Waals surface area contributed by atoms with Gasteiger partial charge in [0, 0.05) is 48.8 Å². The van der Waals surface area contributed by atoms with Crippen LogP contribution < -0.4 is 0 Å². The Bertz CT molecular complexity index is 1320. The highest BCUT2D eigenvalue weighted by molar-refractivity contribution is 7.99. The molecule has 8 heteroatoms. The van der Waals surface area contributed by atoms with Gasteiger partial charge in [0.2, 0.25) is 0 Å². The predicted octanol–water partition coefficient (Wildman–Crippen LogP) is 5.42. The third-order valence-electron chi connectivity index (χ3n) is 5.77. The van der Waals surface area contributed by atoms with E-state index in [0.717, 1.165) is 22.2 Å². The molecule has 2 aromatic heterocycles. The minimum atomic E-state index is -0.0657. The molecule has 172 valence electrons. The number of thioether (sulfide) groups is 1. The second kappa shape index (κ2) is 9.31. The largest absolute Gasteiger partial charge is 0.508 e. The maximum Gasteiger partial charge on any atom is 0.196 e. The molecule has 0 spiro atoms. The first-order valence-electron chi connectivity index (χ1n) is 11.0. The molecule has 33 heavy (non-hydrogen) atoms. The van der Waals surface area contributed by atoms with Crippen molar-refractivity contribution in [2.75, 3.05) is 5.75 Å². The number of phenols is 2. The summed E-state index contributed by atoms with van der Waals surface area (Å²) < 4.78 is 3.96. The molecule has 0 aliphatic heterocycles. The van der Waals surface area contributed by atoms with Crippen LogP contribution in [0.15, 0.2) is 47.8 Å². The number of carbonyl (C=O) groups is 1. The van der Waals surface area contributed by atoms with E-state index >= 15 is 0 Å². The third-order valence-corrected chi connectivity index (χ3v) is 6.71. The zero-order chi connectivity index (χ0) is 23.7. The fourth-order valence-corrected chi connectivity index (χ4v) is 4.78. The van der Waals surface area contributed by atoms with Crippen molar-refractivity contribution in [2.45, 2.75) is 44.7 Å². The molecule has 0 bridgehead atoms. The number of ketones is 1. The van der Waals surface area contributed by atoms with Crippen molar-refractivity contribution in [3.8, 4) is 28.6 Å². The lowest BCUT2D eigenvalue weighted by Gasteiger charge is -2.15. The SMILES string of the molecule is CCC(=O)CCSc1nnc(-c2cc(C(C)C)c(O)cc2O)n1-c1ccc2c(ccn2C)c1. The van der Waals surface area contributed by atoms with Gasteiger partial charge in [-0.25, -0.2) is 0 Å². The van der Waals surface area contributed by atoms with Crippen LogP contribution in [0.3, 0.4) is 0 Å². The number of nitrogens with zero attached hydrogens (tertiary/aromatic N) is 4. The van der Waals surface area contributed by atoms with Gasteiger partial charge in [-0.3, -0.25) is 9.36 Å². The highest BCUT2D eigenvalue weighted by Crippen LogP contribution is 2.39. The number of hydrogen-bond acceptors (Lipinski definition) is 6. The minimum Gasteiger partial charge on any atom is -0.508 e. The van der Waals surface area contributed by atoms with Gasteiger partial charge in [-0.05, 0) is 41.8 Å². The Morgan fingerprint density at radius 2 is 1.88 bits per heavy atom. The monoisotopic (exact) mass is 464 g/mol. The van der Waals surface area contributed by atoms with Gasteiger partial charge < -0.3 is 14.8 Å². The third kappa shape index (κ3) is 4.48. The van der Waals surface area contributed by atoms with Crippen LogP contribution in [0, 0.1) is 0 Å². The molecular formula is C25H28N4O3S. The molecule has 0 amide bonds. The molecule has 7 nitrogen and oxygen atoms in total. The topological polar surface area (TPSA) is 93.2 Å². The van der Waals surface area contributed by atoms with Crippen LogP contribution in [0.5, 0.6) is 11.5 Å². The highest BCUT2D eigenvalue weighted by atomic mass is 32.2. The van der Waals surface area contributed by atoms with Gasteiger partial charge in [-0.15, -0.1) is 10.2 Å². The van der Waals surface area contributed by atoms with Gasteiger partial charge >= 0.3 is 0 Å². The number of benzene rings is 2. The highest BCUT2D eigenvalue weighted by Gasteiger charge is 2.22. The van der Waals surface area contributed by atoms with Crippen LogP contribution in [-0.2, 0) is 11.8 Å². The van der Waals surface area contributed by atoms with E-state index in [-0.39, 0.29) is 23.2 Å². The second-order valence-corrected chi connectivity index (χ2v) is 9.45. The van der Waals surface area contributed by atoms with Crippen LogP contribution in [0.1, 0.15) is 45.1 Å². The van der Waals surface area contributed by atoms with Crippen molar-refractivity contribution in [3.05, 3.63) is 48.2 Å². The van der Waals surface area contributed by atoms with E-state index in [9.17, 15) is 15.0 Å². The van der Waals surface area contributed by atoms with Crippen LogP contribution in [0.4, 0.5) is 0 Å². The quantitative estimate of drug-likeness (QED) is 0.338. The Hall–Kier alpha value is -3.26. The number of fused-ring (bicyclic) bond motifs is 1. The predicted molar refractivity (Wildman–Crippen MR) is 131 cm³/mol. The summed E-state index contributed by atoms with van der Waals surface area (Å²) in [7, 11) is 2.00. The Balaban J connectivity index is 1.85. The van der Waals surface area contributed by atoms with Gasteiger partial charge in [-0.1, -0.05) is 32.5 Å². The van der Waals surface area contributed by atoms with E-state index in [1.165, 1.54) is 17.8 Å². The summed E-state index contributed by atoms with van der Waals surface area (Å²) in [5, 5.41) is 31.5. The van der Waals surface area contributed by atoms with Gasteiger partial charge in [0.15, 0.2) is 11.0 Å². The molecule has 0 atom stereocenters. The van der Waals surface area contributed by atoms with Gasteiger partial charge in [0.25, 0.3) is 0 Å². The van der Waals surface area contributed by atoms with Crippen molar-refractivity contribution >= 4 is 28.4 Å². The number of aromatic nitrogens is 4. The first kappa shape index (κ1) is 22.9. The number of rotatable bonds is 8.